The lowest BCUT2D eigenvalue weighted by atomic mass is 10.0. The summed E-state index contributed by atoms with van der Waals surface area (Å²) in [6.45, 7) is 11.6. The van der Waals surface area contributed by atoms with Crippen molar-refractivity contribution in [1.29, 1.82) is 0 Å². The number of carbonyl (C=O) groups excluding carboxylic acids is 1. The number of benzene rings is 1. The molecule has 27 heavy (non-hydrogen) atoms. The summed E-state index contributed by atoms with van der Waals surface area (Å²) in [6, 6.07) is 8.27. The van der Waals surface area contributed by atoms with Crippen LogP contribution in [0, 0.1) is 0 Å². The molecule has 1 heterocycles. The lowest BCUT2D eigenvalue weighted by Gasteiger charge is -2.33. The van der Waals surface area contributed by atoms with Gasteiger partial charge in [0.25, 0.3) is 5.91 Å². The van der Waals surface area contributed by atoms with E-state index in [2.05, 4.69) is 17.1 Å². The summed E-state index contributed by atoms with van der Waals surface area (Å²) in [6.07, 6.45) is 5.65. The van der Waals surface area contributed by atoms with Crippen LogP contribution in [0.1, 0.15) is 59.8 Å². The molecule has 1 saturated heterocycles. The van der Waals surface area contributed by atoms with E-state index in [1.165, 1.54) is 25.8 Å². The maximum atomic E-state index is 12.5. The van der Waals surface area contributed by atoms with Crippen molar-refractivity contribution in [2.45, 2.75) is 71.4 Å². The molecule has 1 amide bonds. The first kappa shape index (κ1) is 21.7. The summed E-state index contributed by atoms with van der Waals surface area (Å²) < 4.78 is 11.5. The van der Waals surface area contributed by atoms with E-state index >= 15 is 0 Å². The molecule has 1 aliphatic rings. The molecule has 0 bridgehead atoms. The second-order valence-corrected chi connectivity index (χ2v) is 7.58. The highest BCUT2D eigenvalue weighted by Crippen LogP contribution is 2.21. The first-order valence-corrected chi connectivity index (χ1v) is 10.4. The van der Waals surface area contributed by atoms with Gasteiger partial charge >= 0.3 is 0 Å². The third kappa shape index (κ3) is 6.51. The SMILES string of the molecule is CCO[C@](C)(CC)C(=O)Nc1ccc(OCCCN2CCCC[C@@H]2C)cc1. The van der Waals surface area contributed by atoms with Gasteiger partial charge in [-0.2, -0.15) is 0 Å². The molecule has 1 aliphatic heterocycles. The lowest BCUT2D eigenvalue weighted by Crippen LogP contribution is -2.42. The van der Waals surface area contributed by atoms with Crippen LogP contribution in [0.3, 0.4) is 0 Å². The highest BCUT2D eigenvalue weighted by atomic mass is 16.5. The molecule has 0 aliphatic carbocycles. The molecular formula is C22H36N2O3. The van der Waals surface area contributed by atoms with Gasteiger partial charge < -0.3 is 19.7 Å². The fourth-order valence-electron chi connectivity index (χ4n) is 3.49. The van der Waals surface area contributed by atoms with Gasteiger partial charge in [0, 0.05) is 24.9 Å². The highest BCUT2D eigenvalue weighted by molar-refractivity contribution is 5.97. The van der Waals surface area contributed by atoms with E-state index < -0.39 is 5.60 Å². The predicted molar refractivity (Wildman–Crippen MR) is 110 cm³/mol. The number of amides is 1. The van der Waals surface area contributed by atoms with Gasteiger partial charge in [-0.05, 0) is 77.3 Å². The number of rotatable bonds is 10. The number of anilines is 1. The Labute approximate surface area is 164 Å². The summed E-state index contributed by atoms with van der Waals surface area (Å²) in [5.41, 5.74) is -0.0379. The average molecular weight is 377 g/mol. The van der Waals surface area contributed by atoms with Gasteiger partial charge in [-0.3, -0.25) is 4.79 Å². The molecule has 0 radical (unpaired) electrons. The normalized spacial score (nSPS) is 20.1. The van der Waals surface area contributed by atoms with Crippen LogP contribution in [0.4, 0.5) is 5.69 Å². The average Bonchev–Trinajstić information content (AvgIpc) is 2.67. The van der Waals surface area contributed by atoms with Crippen molar-refractivity contribution >= 4 is 11.6 Å². The van der Waals surface area contributed by atoms with Crippen LogP contribution in [-0.2, 0) is 9.53 Å². The number of nitrogens with one attached hydrogen (secondary N) is 1. The second kappa shape index (κ2) is 10.7. The molecule has 1 aromatic carbocycles. The zero-order chi connectivity index (χ0) is 19.7. The fourth-order valence-corrected chi connectivity index (χ4v) is 3.49. The number of carbonyl (C=O) groups is 1. The van der Waals surface area contributed by atoms with Crippen molar-refractivity contribution in [2.24, 2.45) is 0 Å². The molecule has 5 nitrogen and oxygen atoms in total. The van der Waals surface area contributed by atoms with Crippen molar-refractivity contribution < 1.29 is 14.3 Å². The van der Waals surface area contributed by atoms with Gasteiger partial charge in [-0.25, -0.2) is 0 Å². The number of hydrogen-bond acceptors (Lipinski definition) is 4. The van der Waals surface area contributed by atoms with Crippen LogP contribution < -0.4 is 10.1 Å². The van der Waals surface area contributed by atoms with Crippen molar-refractivity contribution in [3.05, 3.63) is 24.3 Å². The topological polar surface area (TPSA) is 50.8 Å². The Morgan fingerprint density at radius 1 is 1.26 bits per heavy atom. The van der Waals surface area contributed by atoms with Gasteiger partial charge in [0.15, 0.2) is 0 Å². The van der Waals surface area contributed by atoms with Gasteiger partial charge in [0.1, 0.15) is 11.4 Å². The molecule has 0 saturated carbocycles. The largest absolute Gasteiger partial charge is 0.494 e. The molecule has 1 aromatic rings. The molecule has 0 aromatic heterocycles. The third-order valence-electron chi connectivity index (χ3n) is 5.53. The molecule has 1 fully saturated rings. The van der Waals surface area contributed by atoms with Crippen molar-refractivity contribution in [3.63, 3.8) is 0 Å². The van der Waals surface area contributed by atoms with E-state index in [1.54, 1.807) is 0 Å². The van der Waals surface area contributed by atoms with Crippen LogP contribution >= 0.6 is 0 Å². The monoisotopic (exact) mass is 376 g/mol. The smallest absolute Gasteiger partial charge is 0.256 e. The molecule has 152 valence electrons. The van der Waals surface area contributed by atoms with Crippen molar-refractivity contribution in [1.82, 2.24) is 4.90 Å². The van der Waals surface area contributed by atoms with Crippen LogP contribution in [0.25, 0.3) is 0 Å². The number of ether oxygens (including phenoxy) is 2. The van der Waals surface area contributed by atoms with E-state index in [0.717, 1.165) is 24.4 Å². The summed E-state index contributed by atoms with van der Waals surface area (Å²) in [7, 11) is 0. The maximum Gasteiger partial charge on any atom is 0.256 e. The molecule has 2 atom stereocenters. The van der Waals surface area contributed by atoms with Gasteiger partial charge in [-0.15, -0.1) is 0 Å². The highest BCUT2D eigenvalue weighted by Gasteiger charge is 2.31. The molecular weight excluding hydrogens is 340 g/mol. The molecule has 1 N–H and O–H groups in total. The molecule has 0 spiro atoms. The summed E-state index contributed by atoms with van der Waals surface area (Å²) in [4.78, 5) is 15.0. The van der Waals surface area contributed by atoms with Crippen LogP contribution in [0.2, 0.25) is 0 Å². The van der Waals surface area contributed by atoms with Crippen LogP contribution in [0.15, 0.2) is 24.3 Å². The van der Waals surface area contributed by atoms with Crippen molar-refractivity contribution in [3.8, 4) is 5.75 Å². The van der Waals surface area contributed by atoms with E-state index in [-0.39, 0.29) is 5.91 Å². The van der Waals surface area contributed by atoms with Crippen LogP contribution in [0.5, 0.6) is 5.75 Å². The molecule has 0 unspecified atom stereocenters. The quantitative estimate of drug-likeness (QED) is 0.612. The minimum Gasteiger partial charge on any atom is -0.494 e. The Kier molecular flexibility index (Phi) is 8.58. The Hall–Kier alpha value is -1.59. The summed E-state index contributed by atoms with van der Waals surface area (Å²) in [5, 5.41) is 2.93. The van der Waals surface area contributed by atoms with E-state index in [4.69, 9.17) is 9.47 Å². The van der Waals surface area contributed by atoms with E-state index in [9.17, 15) is 4.79 Å². The molecule has 5 heteroatoms. The first-order chi connectivity index (χ1) is 13.0. The Morgan fingerprint density at radius 3 is 2.63 bits per heavy atom. The minimum absolute atomic E-state index is 0.115. The third-order valence-corrected chi connectivity index (χ3v) is 5.53. The van der Waals surface area contributed by atoms with Crippen molar-refractivity contribution in [2.75, 3.05) is 31.6 Å². The minimum atomic E-state index is -0.796. The van der Waals surface area contributed by atoms with E-state index in [0.29, 0.717) is 25.7 Å². The fraction of sp³-hybridized carbons (Fsp3) is 0.682. The molecule has 2 rings (SSSR count). The number of nitrogens with zero attached hydrogens (tertiary/aromatic N) is 1. The zero-order valence-corrected chi connectivity index (χ0v) is 17.4. The second-order valence-electron chi connectivity index (χ2n) is 7.58. The maximum absolute atomic E-state index is 12.5. The Morgan fingerprint density at radius 2 is 2.00 bits per heavy atom. The summed E-state index contributed by atoms with van der Waals surface area (Å²) >= 11 is 0. The van der Waals surface area contributed by atoms with Gasteiger partial charge in [0.05, 0.1) is 6.61 Å². The number of hydrogen-bond donors (Lipinski definition) is 1. The standard InChI is InChI=1S/C22H36N2O3/c1-5-22(4,27-6-2)21(25)23-19-11-13-20(14-12-19)26-17-9-16-24-15-8-7-10-18(24)3/h11-14,18H,5-10,15-17H2,1-4H3,(H,23,25)/t18-,22+/m0/s1. The zero-order valence-electron chi connectivity index (χ0n) is 17.4. The Balaban J connectivity index is 1.75. The van der Waals surface area contributed by atoms with E-state index in [1.807, 2.05) is 45.0 Å². The Bertz CT molecular complexity index is 575. The van der Waals surface area contributed by atoms with Gasteiger partial charge in [0.2, 0.25) is 0 Å². The number of likely N-dealkylation sites (tertiary alicyclic amines) is 1. The van der Waals surface area contributed by atoms with Gasteiger partial charge in [-0.1, -0.05) is 13.3 Å². The summed E-state index contributed by atoms with van der Waals surface area (Å²) in [5.74, 6) is 0.721. The van der Waals surface area contributed by atoms with Crippen LogP contribution in [-0.4, -0.2) is 48.8 Å². The first-order valence-electron chi connectivity index (χ1n) is 10.4. The lowest BCUT2D eigenvalue weighted by molar-refractivity contribution is -0.139. The predicted octanol–water partition coefficient (Wildman–Crippen LogP) is 4.47. The number of piperidine rings is 1.